The van der Waals surface area contributed by atoms with E-state index in [1.807, 2.05) is 0 Å². The Labute approximate surface area is 218 Å². The zero-order valence-electron chi connectivity index (χ0n) is 19.7. The van der Waals surface area contributed by atoms with Crippen LogP contribution < -0.4 is 15.4 Å². The Balaban J connectivity index is 1.29. The minimum atomic E-state index is -4.65. The molecule has 0 radical (unpaired) electrons. The number of H-pyrrole nitrogens is 1. The van der Waals surface area contributed by atoms with E-state index in [-0.39, 0.29) is 24.1 Å². The predicted octanol–water partition coefficient (Wildman–Crippen LogP) is 3.90. The maximum Gasteiger partial charge on any atom is 0.417 e. The molecule has 1 aliphatic heterocycles. The van der Waals surface area contributed by atoms with Gasteiger partial charge in [0.1, 0.15) is 18.3 Å². The molecule has 2 amide bonds. The molecule has 1 aromatic carbocycles. The number of hydrogen-bond acceptors (Lipinski definition) is 8. The average Bonchev–Trinajstić information content (AvgIpc) is 3.27. The molecule has 0 saturated carbocycles. The second-order valence-corrected chi connectivity index (χ2v) is 8.39. The van der Waals surface area contributed by atoms with Crippen molar-refractivity contribution in [3.63, 3.8) is 0 Å². The number of alkyl halides is 3. The molecule has 2 aromatic heterocycles. The number of nitrogens with one attached hydrogen (secondary N) is 3. The van der Waals surface area contributed by atoms with Crippen LogP contribution in [0.4, 0.5) is 23.7 Å². The SMILES string of the molecule is CC(=O)Oc1cc(Cc2ccnc(CN3C=CC(NC(=O)Nc4ccc(Cl)c(C(F)(F)F)c4)=NC3)n2)[nH]n1. The summed E-state index contributed by atoms with van der Waals surface area (Å²) in [6.07, 6.45) is 0.608. The molecule has 3 aromatic rings. The number of aromatic nitrogens is 4. The summed E-state index contributed by atoms with van der Waals surface area (Å²) in [7, 11) is 0. The molecule has 3 heterocycles. The van der Waals surface area contributed by atoms with Crippen molar-refractivity contribution in [2.45, 2.75) is 26.1 Å². The zero-order chi connectivity index (χ0) is 27.3. The van der Waals surface area contributed by atoms with Crippen LogP contribution in [0.3, 0.4) is 0 Å². The number of rotatable bonds is 6. The molecular formula is C23H20ClF3N8O3. The fourth-order valence-corrected chi connectivity index (χ4v) is 3.57. The molecule has 11 nitrogen and oxygen atoms in total. The van der Waals surface area contributed by atoms with Crippen molar-refractivity contribution in [1.82, 2.24) is 30.4 Å². The fraction of sp³-hybridized carbons (Fsp3) is 0.217. The van der Waals surface area contributed by atoms with Gasteiger partial charge in [0.2, 0.25) is 5.88 Å². The fourth-order valence-electron chi connectivity index (χ4n) is 3.35. The lowest BCUT2D eigenvalue weighted by molar-refractivity contribution is -0.137. The summed E-state index contributed by atoms with van der Waals surface area (Å²) in [5.41, 5.74) is 0.295. The molecule has 15 heteroatoms. The molecule has 0 unspecified atom stereocenters. The van der Waals surface area contributed by atoms with Gasteiger partial charge in [-0.25, -0.2) is 19.8 Å². The molecule has 0 aliphatic carbocycles. The molecule has 0 saturated heterocycles. The number of benzene rings is 1. The predicted molar refractivity (Wildman–Crippen MR) is 130 cm³/mol. The van der Waals surface area contributed by atoms with Crippen LogP contribution in [0.2, 0.25) is 5.02 Å². The maximum absolute atomic E-state index is 13.0. The van der Waals surface area contributed by atoms with Crippen molar-refractivity contribution < 1.29 is 27.5 Å². The van der Waals surface area contributed by atoms with Crippen LogP contribution >= 0.6 is 11.6 Å². The van der Waals surface area contributed by atoms with Gasteiger partial charge >= 0.3 is 18.2 Å². The van der Waals surface area contributed by atoms with Crippen molar-refractivity contribution >= 4 is 35.1 Å². The van der Waals surface area contributed by atoms with E-state index in [1.165, 1.54) is 19.1 Å². The number of hydrogen-bond donors (Lipinski definition) is 3. The van der Waals surface area contributed by atoms with Gasteiger partial charge in [-0.2, -0.15) is 13.2 Å². The summed E-state index contributed by atoms with van der Waals surface area (Å²) in [5, 5.41) is 11.0. The Bertz CT molecular complexity index is 1410. The number of carbonyl (C=O) groups excluding carboxylic acids is 2. The van der Waals surface area contributed by atoms with Gasteiger partial charge in [-0.15, -0.1) is 5.10 Å². The van der Waals surface area contributed by atoms with Crippen LogP contribution in [0.5, 0.6) is 5.88 Å². The molecular weight excluding hydrogens is 529 g/mol. The lowest BCUT2D eigenvalue weighted by Crippen LogP contribution is -2.36. The number of esters is 1. The highest BCUT2D eigenvalue weighted by Gasteiger charge is 2.33. The van der Waals surface area contributed by atoms with E-state index in [0.29, 0.717) is 30.2 Å². The molecule has 0 spiro atoms. The highest BCUT2D eigenvalue weighted by molar-refractivity contribution is 6.31. The van der Waals surface area contributed by atoms with Crippen LogP contribution in [0, 0.1) is 0 Å². The van der Waals surface area contributed by atoms with E-state index in [1.54, 1.807) is 29.4 Å². The Hall–Kier alpha value is -4.46. The average molecular weight is 549 g/mol. The molecule has 0 bridgehead atoms. The Morgan fingerprint density at radius 1 is 1.21 bits per heavy atom. The topological polar surface area (TPSA) is 137 Å². The van der Waals surface area contributed by atoms with Crippen LogP contribution in [0.25, 0.3) is 0 Å². The number of aromatic amines is 1. The Morgan fingerprint density at radius 3 is 2.74 bits per heavy atom. The minimum absolute atomic E-state index is 0.0731. The maximum atomic E-state index is 13.0. The molecule has 38 heavy (non-hydrogen) atoms. The standard InChI is InChI=1S/C23H20ClF3N8O3/c1-13(36)38-21-10-16(33-34-21)8-15-4-6-28-20(30-15)11-35-7-5-19(29-12-35)32-22(37)31-14-2-3-18(24)17(9-14)23(25,26)27/h2-7,9-10H,8,11-12H2,1H3,(H,33,34)(H2,29,31,32,37). The second-order valence-electron chi connectivity index (χ2n) is 7.98. The first-order valence-electron chi connectivity index (χ1n) is 11.0. The number of nitrogens with zero attached hydrogens (tertiary/aromatic N) is 5. The highest BCUT2D eigenvalue weighted by atomic mass is 35.5. The van der Waals surface area contributed by atoms with E-state index in [4.69, 9.17) is 16.3 Å². The highest BCUT2D eigenvalue weighted by Crippen LogP contribution is 2.36. The van der Waals surface area contributed by atoms with Crippen LogP contribution in [0.1, 0.15) is 29.7 Å². The summed E-state index contributed by atoms with van der Waals surface area (Å²) in [6, 6.07) is 5.67. The monoisotopic (exact) mass is 548 g/mol. The largest absolute Gasteiger partial charge is 0.417 e. The number of urea groups is 1. The van der Waals surface area contributed by atoms with E-state index >= 15 is 0 Å². The molecule has 0 fully saturated rings. The zero-order valence-corrected chi connectivity index (χ0v) is 20.5. The molecule has 0 atom stereocenters. The number of halogens is 4. The third-order valence-electron chi connectivity index (χ3n) is 4.97. The molecule has 4 rings (SSSR count). The van der Waals surface area contributed by atoms with E-state index < -0.39 is 28.8 Å². The first kappa shape index (κ1) is 26.6. The summed E-state index contributed by atoms with van der Waals surface area (Å²) < 4.78 is 44.0. The lowest BCUT2D eigenvalue weighted by Gasteiger charge is -2.21. The Kier molecular flexibility index (Phi) is 7.90. The summed E-state index contributed by atoms with van der Waals surface area (Å²) in [5.74, 6) is 0.459. The summed E-state index contributed by atoms with van der Waals surface area (Å²) >= 11 is 5.60. The molecule has 198 valence electrons. The third-order valence-corrected chi connectivity index (χ3v) is 5.30. The van der Waals surface area contributed by atoms with Crippen LogP contribution in [-0.2, 0) is 23.9 Å². The van der Waals surface area contributed by atoms with Crippen LogP contribution in [0.15, 0.2) is 53.8 Å². The minimum Gasteiger partial charge on any atom is -0.406 e. The summed E-state index contributed by atoms with van der Waals surface area (Å²) in [6.45, 7) is 1.81. The number of ether oxygens (including phenoxy) is 1. The van der Waals surface area contributed by atoms with E-state index in [9.17, 15) is 22.8 Å². The third kappa shape index (κ3) is 7.29. The lowest BCUT2D eigenvalue weighted by atomic mass is 10.2. The van der Waals surface area contributed by atoms with Gasteiger partial charge in [-0.1, -0.05) is 11.6 Å². The van der Waals surface area contributed by atoms with Gasteiger partial charge in [-0.05, 0) is 30.3 Å². The van der Waals surface area contributed by atoms with Crippen molar-refractivity contribution in [3.8, 4) is 5.88 Å². The van der Waals surface area contributed by atoms with Crippen LogP contribution in [-0.4, -0.2) is 49.6 Å². The van der Waals surface area contributed by atoms with E-state index in [0.717, 1.165) is 12.1 Å². The molecule has 3 N–H and O–H groups in total. The number of amidine groups is 1. The number of aliphatic imine (C=N–C) groups is 1. The van der Waals surface area contributed by atoms with Gasteiger partial charge < -0.3 is 15.0 Å². The van der Waals surface area contributed by atoms with Gasteiger partial charge in [0.15, 0.2) is 0 Å². The number of anilines is 1. The van der Waals surface area contributed by atoms with Crippen molar-refractivity contribution in [2.24, 2.45) is 4.99 Å². The number of carbonyl (C=O) groups is 2. The molecule has 1 aliphatic rings. The smallest absolute Gasteiger partial charge is 0.406 e. The second kappa shape index (κ2) is 11.3. The van der Waals surface area contributed by atoms with Crippen molar-refractivity contribution in [1.29, 1.82) is 0 Å². The van der Waals surface area contributed by atoms with Gasteiger partial charge in [0, 0.05) is 43.2 Å². The quantitative estimate of drug-likeness (QED) is 0.397. The van der Waals surface area contributed by atoms with Gasteiger partial charge in [-0.3, -0.25) is 15.2 Å². The van der Waals surface area contributed by atoms with Gasteiger partial charge in [0.05, 0.1) is 22.8 Å². The first-order chi connectivity index (χ1) is 18.0. The normalized spacial score (nSPS) is 13.2. The van der Waals surface area contributed by atoms with Crippen molar-refractivity contribution in [3.05, 3.63) is 76.6 Å². The first-order valence-corrected chi connectivity index (χ1v) is 11.4. The van der Waals surface area contributed by atoms with Gasteiger partial charge in [0.25, 0.3) is 0 Å². The number of amides is 2. The van der Waals surface area contributed by atoms with E-state index in [2.05, 4.69) is 35.8 Å². The summed E-state index contributed by atoms with van der Waals surface area (Å²) in [4.78, 5) is 38.1. The Morgan fingerprint density at radius 2 is 2.03 bits per heavy atom. The van der Waals surface area contributed by atoms with Crippen molar-refractivity contribution in [2.75, 3.05) is 12.0 Å².